The zero-order valence-electron chi connectivity index (χ0n) is 10.9. The molecule has 0 radical (unpaired) electrons. The number of ether oxygens (including phenoxy) is 1. The van der Waals surface area contributed by atoms with E-state index in [9.17, 15) is 9.59 Å². The van der Waals surface area contributed by atoms with Crippen LogP contribution in [0.4, 0.5) is 5.69 Å². The molecule has 0 saturated carbocycles. The summed E-state index contributed by atoms with van der Waals surface area (Å²) in [6, 6.07) is 8.71. The van der Waals surface area contributed by atoms with E-state index < -0.39 is 11.7 Å². The average molecular weight is 268 g/mol. The summed E-state index contributed by atoms with van der Waals surface area (Å²) in [5.74, 6) is -0.436. The van der Waals surface area contributed by atoms with Gasteiger partial charge in [0, 0.05) is 12.4 Å². The summed E-state index contributed by atoms with van der Waals surface area (Å²) >= 11 is 0. The van der Waals surface area contributed by atoms with Crippen LogP contribution in [0.3, 0.4) is 0 Å². The quantitative estimate of drug-likeness (QED) is 0.797. The highest BCUT2D eigenvalue weighted by atomic mass is 16.5. The fourth-order valence-corrected chi connectivity index (χ4v) is 2.23. The van der Waals surface area contributed by atoms with Crippen molar-refractivity contribution in [1.29, 1.82) is 0 Å². The van der Waals surface area contributed by atoms with Crippen LogP contribution in [0.2, 0.25) is 0 Å². The van der Waals surface area contributed by atoms with E-state index in [0.29, 0.717) is 23.5 Å². The summed E-state index contributed by atoms with van der Waals surface area (Å²) in [5, 5.41) is 0. The van der Waals surface area contributed by atoms with E-state index in [1.54, 1.807) is 30.6 Å². The number of aromatic nitrogens is 1. The number of carbonyl (C=O) groups is 2. The molecule has 5 nitrogen and oxygen atoms in total. The Morgan fingerprint density at radius 2 is 1.90 bits per heavy atom. The molecule has 20 heavy (non-hydrogen) atoms. The van der Waals surface area contributed by atoms with Crippen molar-refractivity contribution < 1.29 is 14.3 Å². The first-order chi connectivity index (χ1) is 9.70. The number of amides is 1. The van der Waals surface area contributed by atoms with E-state index in [-0.39, 0.29) is 0 Å². The van der Waals surface area contributed by atoms with Crippen LogP contribution < -0.4 is 9.64 Å². The van der Waals surface area contributed by atoms with Gasteiger partial charge in [-0.25, -0.2) is 0 Å². The molecule has 0 fully saturated rings. The fraction of sp³-hybridized carbons (Fsp3) is 0.133. The van der Waals surface area contributed by atoms with Gasteiger partial charge in [0.1, 0.15) is 5.75 Å². The Labute approximate surface area is 115 Å². The number of carbonyl (C=O) groups excluding carboxylic acids is 2. The fourth-order valence-electron chi connectivity index (χ4n) is 2.23. The van der Waals surface area contributed by atoms with Crippen LogP contribution in [-0.2, 0) is 11.3 Å². The maximum Gasteiger partial charge on any atom is 0.299 e. The van der Waals surface area contributed by atoms with Crippen LogP contribution in [0.5, 0.6) is 5.75 Å². The summed E-state index contributed by atoms with van der Waals surface area (Å²) in [5.41, 5.74) is 1.94. The van der Waals surface area contributed by atoms with Crippen molar-refractivity contribution in [3.63, 3.8) is 0 Å². The number of benzene rings is 1. The van der Waals surface area contributed by atoms with Gasteiger partial charge >= 0.3 is 0 Å². The Morgan fingerprint density at radius 3 is 2.60 bits per heavy atom. The van der Waals surface area contributed by atoms with Gasteiger partial charge in [-0.3, -0.25) is 14.6 Å². The van der Waals surface area contributed by atoms with E-state index in [1.807, 2.05) is 12.1 Å². The number of methoxy groups -OCH3 is 1. The normalized spacial score (nSPS) is 13.6. The third kappa shape index (κ3) is 1.93. The number of Topliss-reactive ketones (excluding diaryl/α,β-unsaturated/α-hetero) is 1. The monoisotopic (exact) mass is 268 g/mol. The average Bonchev–Trinajstić information content (AvgIpc) is 2.73. The number of hydrogen-bond acceptors (Lipinski definition) is 4. The lowest BCUT2D eigenvalue weighted by atomic mass is 10.1. The summed E-state index contributed by atoms with van der Waals surface area (Å²) < 4.78 is 5.09. The molecule has 3 rings (SSSR count). The van der Waals surface area contributed by atoms with E-state index in [1.165, 1.54) is 12.0 Å². The molecular weight excluding hydrogens is 256 g/mol. The van der Waals surface area contributed by atoms with Gasteiger partial charge in [0.15, 0.2) is 0 Å². The second-order valence-electron chi connectivity index (χ2n) is 4.46. The molecule has 2 heterocycles. The number of anilines is 1. The predicted molar refractivity (Wildman–Crippen MR) is 72.8 cm³/mol. The first-order valence-corrected chi connectivity index (χ1v) is 6.14. The summed E-state index contributed by atoms with van der Waals surface area (Å²) in [6.45, 7) is 0.354. The molecule has 1 aromatic carbocycles. The molecule has 0 aliphatic carbocycles. The van der Waals surface area contributed by atoms with Crippen molar-refractivity contribution in [3.8, 4) is 5.75 Å². The standard InChI is InChI=1S/C15H12N2O3/c1-20-11-2-3-13-12(8-11)14(18)15(19)17(13)9-10-4-6-16-7-5-10/h2-8H,9H2,1H3. The SMILES string of the molecule is COc1ccc2c(c1)C(=O)C(=O)N2Cc1ccncc1. The predicted octanol–water partition coefficient (Wildman–Crippen LogP) is 1.82. The molecule has 0 atom stereocenters. The Hall–Kier alpha value is -2.69. The zero-order valence-corrected chi connectivity index (χ0v) is 10.9. The molecule has 1 aromatic heterocycles. The summed E-state index contributed by atoms with van der Waals surface area (Å²) in [7, 11) is 1.53. The van der Waals surface area contributed by atoms with Crippen molar-refractivity contribution in [2.24, 2.45) is 0 Å². The summed E-state index contributed by atoms with van der Waals surface area (Å²) in [4.78, 5) is 29.5. The lowest BCUT2D eigenvalue weighted by molar-refractivity contribution is -0.114. The molecule has 0 unspecified atom stereocenters. The van der Waals surface area contributed by atoms with Crippen LogP contribution in [-0.4, -0.2) is 23.8 Å². The number of fused-ring (bicyclic) bond motifs is 1. The van der Waals surface area contributed by atoms with Crippen molar-refractivity contribution >= 4 is 17.4 Å². The van der Waals surface area contributed by atoms with E-state index in [0.717, 1.165) is 5.56 Å². The van der Waals surface area contributed by atoms with Crippen LogP contribution in [0, 0.1) is 0 Å². The minimum atomic E-state index is -0.509. The molecule has 1 aliphatic rings. The van der Waals surface area contributed by atoms with Gasteiger partial charge in [-0.1, -0.05) is 0 Å². The number of ketones is 1. The number of hydrogen-bond donors (Lipinski definition) is 0. The lowest BCUT2D eigenvalue weighted by Crippen LogP contribution is -2.29. The van der Waals surface area contributed by atoms with Crippen molar-refractivity contribution in [2.75, 3.05) is 12.0 Å². The number of rotatable bonds is 3. The van der Waals surface area contributed by atoms with Crippen molar-refractivity contribution in [1.82, 2.24) is 4.98 Å². The maximum atomic E-state index is 12.1. The number of pyridine rings is 1. The molecule has 1 aliphatic heterocycles. The molecule has 0 saturated heterocycles. The van der Waals surface area contributed by atoms with Crippen LogP contribution in [0.25, 0.3) is 0 Å². The smallest absolute Gasteiger partial charge is 0.299 e. The highest BCUT2D eigenvalue weighted by molar-refractivity contribution is 6.52. The highest BCUT2D eigenvalue weighted by Gasteiger charge is 2.35. The third-order valence-electron chi connectivity index (χ3n) is 3.27. The van der Waals surface area contributed by atoms with Gasteiger partial charge in [-0.05, 0) is 35.9 Å². The minimum absolute atomic E-state index is 0.354. The van der Waals surface area contributed by atoms with Crippen LogP contribution in [0.1, 0.15) is 15.9 Å². The molecule has 100 valence electrons. The van der Waals surface area contributed by atoms with Gasteiger partial charge in [-0.15, -0.1) is 0 Å². The minimum Gasteiger partial charge on any atom is -0.497 e. The summed E-state index contributed by atoms with van der Waals surface area (Å²) in [6.07, 6.45) is 3.32. The van der Waals surface area contributed by atoms with Gasteiger partial charge < -0.3 is 9.64 Å². The van der Waals surface area contributed by atoms with Crippen molar-refractivity contribution in [2.45, 2.75) is 6.54 Å². The van der Waals surface area contributed by atoms with E-state index >= 15 is 0 Å². The molecule has 5 heteroatoms. The lowest BCUT2D eigenvalue weighted by Gasteiger charge is -2.16. The van der Waals surface area contributed by atoms with Gasteiger partial charge in [0.25, 0.3) is 11.7 Å². The van der Waals surface area contributed by atoms with Gasteiger partial charge in [-0.2, -0.15) is 0 Å². The Kier molecular flexibility index (Phi) is 2.95. The Bertz CT molecular complexity index is 683. The molecule has 0 spiro atoms. The second kappa shape index (κ2) is 4.77. The zero-order chi connectivity index (χ0) is 14.1. The molecule has 2 aromatic rings. The highest BCUT2D eigenvalue weighted by Crippen LogP contribution is 2.32. The molecule has 0 N–H and O–H groups in total. The third-order valence-corrected chi connectivity index (χ3v) is 3.27. The van der Waals surface area contributed by atoms with Gasteiger partial charge in [0.05, 0.1) is 24.9 Å². The number of nitrogens with zero attached hydrogens (tertiary/aromatic N) is 2. The Balaban J connectivity index is 1.98. The largest absolute Gasteiger partial charge is 0.497 e. The molecule has 1 amide bonds. The molecular formula is C15H12N2O3. The van der Waals surface area contributed by atoms with Gasteiger partial charge in [0.2, 0.25) is 0 Å². The Morgan fingerprint density at radius 1 is 1.15 bits per heavy atom. The van der Waals surface area contributed by atoms with Crippen LogP contribution >= 0.6 is 0 Å². The topological polar surface area (TPSA) is 59.5 Å². The first kappa shape index (κ1) is 12.3. The second-order valence-corrected chi connectivity index (χ2v) is 4.46. The maximum absolute atomic E-state index is 12.1. The van der Waals surface area contributed by atoms with Crippen molar-refractivity contribution in [3.05, 3.63) is 53.9 Å². The first-order valence-electron chi connectivity index (χ1n) is 6.14. The molecule has 0 bridgehead atoms. The van der Waals surface area contributed by atoms with Crippen LogP contribution in [0.15, 0.2) is 42.7 Å². The van der Waals surface area contributed by atoms with E-state index in [2.05, 4.69) is 4.98 Å². The van der Waals surface area contributed by atoms with E-state index in [4.69, 9.17) is 4.74 Å².